The number of aryl methyl sites for hydroxylation is 1. The summed E-state index contributed by atoms with van der Waals surface area (Å²) in [5.74, 6) is 0.554. The molecular formula is C21H23ClN2O3S. The molecule has 2 aromatic carbocycles. The average Bonchev–Trinajstić information content (AvgIpc) is 2.64. The second-order valence-electron chi connectivity index (χ2n) is 7.72. The van der Waals surface area contributed by atoms with Crippen molar-refractivity contribution in [2.75, 3.05) is 9.62 Å². The smallest absolute Gasteiger partial charge is 0.236 e. The third kappa shape index (κ3) is 3.89. The first kappa shape index (κ1) is 19.3. The van der Waals surface area contributed by atoms with Crippen molar-refractivity contribution < 1.29 is 13.2 Å². The van der Waals surface area contributed by atoms with E-state index in [0.29, 0.717) is 35.0 Å². The molecular weight excluding hydrogens is 396 g/mol. The Hall–Kier alpha value is -2.05. The molecule has 1 amide bonds. The summed E-state index contributed by atoms with van der Waals surface area (Å²) in [4.78, 5) is 14.4. The van der Waals surface area contributed by atoms with E-state index in [0.717, 1.165) is 24.1 Å². The van der Waals surface area contributed by atoms with Crippen LogP contribution < -0.4 is 9.62 Å². The molecule has 1 aliphatic heterocycles. The highest BCUT2D eigenvalue weighted by molar-refractivity contribution is 7.91. The number of rotatable bonds is 5. The number of nitrogens with zero attached hydrogens (tertiary/aromatic N) is 1. The monoisotopic (exact) mass is 418 g/mol. The number of fused-ring (bicyclic) bond motifs is 1. The van der Waals surface area contributed by atoms with Gasteiger partial charge < -0.3 is 4.90 Å². The molecule has 1 aliphatic carbocycles. The molecule has 1 N–H and O–H groups in total. The number of sulfonamides is 1. The fourth-order valence-electron chi connectivity index (χ4n) is 3.99. The number of hydrogen-bond acceptors (Lipinski definition) is 3. The third-order valence-electron chi connectivity index (χ3n) is 5.67. The largest absolute Gasteiger partial charge is 0.309 e. The Kier molecular flexibility index (Phi) is 5.10. The Morgan fingerprint density at radius 2 is 1.86 bits per heavy atom. The summed E-state index contributed by atoms with van der Waals surface area (Å²) in [6.07, 6.45) is 3.28. The first-order chi connectivity index (χ1) is 13.3. The number of halogens is 1. The predicted molar refractivity (Wildman–Crippen MR) is 112 cm³/mol. The van der Waals surface area contributed by atoms with Gasteiger partial charge in [-0.1, -0.05) is 30.7 Å². The van der Waals surface area contributed by atoms with Crippen molar-refractivity contribution in [3.63, 3.8) is 0 Å². The second-order valence-corrected chi connectivity index (χ2v) is 9.88. The van der Waals surface area contributed by atoms with E-state index >= 15 is 0 Å². The number of anilines is 2. The molecule has 7 heteroatoms. The highest BCUT2D eigenvalue weighted by atomic mass is 35.5. The molecule has 0 bridgehead atoms. The van der Waals surface area contributed by atoms with Gasteiger partial charge in [-0.05, 0) is 66.6 Å². The zero-order valence-corrected chi connectivity index (χ0v) is 17.3. The van der Waals surface area contributed by atoms with E-state index in [9.17, 15) is 13.2 Å². The molecule has 0 spiro atoms. The van der Waals surface area contributed by atoms with E-state index < -0.39 is 10.0 Å². The highest BCUT2D eigenvalue weighted by Crippen LogP contribution is 2.39. The average molecular weight is 419 g/mol. The zero-order valence-electron chi connectivity index (χ0n) is 15.7. The van der Waals surface area contributed by atoms with Crippen molar-refractivity contribution in [2.45, 2.75) is 44.4 Å². The van der Waals surface area contributed by atoms with Crippen molar-refractivity contribution in [1.29, 1.82) is 0 Å². The van der Waals surface area contributed by atoms with E-state index in [1.807, 2.05) is 17.0 Å². The predicted octanol–water partition coefficient (Wildman–Crippen LogP) is 4.36. The quantitative estimate of drug-likeness (QED) is 0.784. The van der Waals surface area contributed by atoms with E-state index in [2.05, 4.69) is 11.6 Å². The van der Waals surface area contributed by atoms with Crippen LogP contribution in [0.3, 0.4) is 0 Å². The lowest BCUT2D eigenvalue weighted by Crippen LogP contribution is -2.51. The molecule has 0 aromatic heterocycles. The number of carbonyl (C=O) groups is 1. The second kappa shape index (κ2) is 7.41. The van der Waals surface area contributed by atoms with Gasteiger partial charge in [0.2, 0.25) is 15.9 Å². The van der Waals surface area contributed by atoms with Crippen LogP contribution in [0.4, 0.5) is 11.4 Å². The number of hydrogen-bond donors (Lipinski definition) is 1. The molecule has 2 aromatic rings. The van der Waals surface area contributed by atoms with Crippen LogP contribution in [0, 0.1) is 5.92 Å². The van der Waals surface area contributed by atoms with E-state index in [-0.39, 0.29) is 17.7 Å². The SMILES string of the molecule is CC1CCC1N1C(=O)CCc2cc(NS(=O)(=O)Cc3ccc(Cl)cc3)ccc21. The van der Waals surface area contributed by atoms with Gasteiger partial charge >= 0.3 is 0 Å². The Labute approximate surface area is 170 Å². The standard InChI is InChI=1S/C21H23ClN2O3S/c1-14-2-9-19(14)24-20-10-8-18(12-16(20)5-11-21(24)25)23-28(26,27)13-15-3-6-17(22)7-4-15/h3-4,6-8,10,12,14,19,23H,2,5,9,11,13H2,1H3. The Bertz CT molecular complexity index is 1000. The van der Waals surface area contributed by atoms with Crippen LogP contribution in [0.15, 0.2) is 42.5 Å². The van der Waals surface area contributed by atoms with E-state index in [1.54, 1.807) is 30.3 Å². The van der Waals surface area contributed by atoms with Gasteiger partial charge in [0, 0.05) is 28.9 Å². The van der Waals surface area contributed by atoms with E-state index in [1.165, 1.54) is 0 Å². The van der Waals surface area contributed by atoms with Crippen LogP contribution in [-0.4, -0.2) is 20.4 Å². The Morgan fingerprint density at radius 1 is 1.11 bits per heavy atom. The highest BCUT2D eigenvalue weighted by Gasteiger charge is 2.38. The topological polar surface area (TPSA) is 66.5 Å². The van der Waals surface area contributed by atoms with Crippen molar-refractivity contribution in [2.24, 2.45) is 5.92 Å². The Morgan fingerprint density at radius 3 is 2.50 bits per heavy atom. The molecule has 5 nitrogen and oxygen atoms in total. The molecule has 1 fully saturated rings. The maximum absolute atomic E-state index is 12.5. The lowest BCUT2D eigenvalue weighted by molar-refractivity contribution is -0.120. The van der Waals surface area contributed by atoms with Gasteiger partial charge in [0.1, 0.15) is 0 Å². The number of carbonyl (C=O) groups excluding carboxylic acids is 1. The van der Waals surface area contributed by atoms with Gasteiger partial charge in [0.15, 0.2) is 0 Å². The van der Waals surface area contributed by atoms with Gasteiger partial charge in [-0.2, -0.15) is 0 Å². The number of amides is 1. The van der Waals surface area contributed by atoms with Gasteiger partial charge in [-0.25, -0.2) is 8.42 Å². The minimum Gasteiger partial charge on any atom is -0.309 e. The molecule has 2 unspecified atom stereocenters. The lowest BCUT2D eigenvalue weighted by Gasteiger charge is -2.45. The molecule has 4 rings (SSSR count). The van der Waals surface area contributed by atoms with Gasteiger partial charge in [-0.15, -0.1) is 0 Å². The molecule has 2 atom stereocenters. The van der Waals surface area contributed by atoms with E-state index in [4.69, 9.17) is 11.6 Å². The summed E-state index contributed by atoms with van der Waals surface area (Å²) < 4.78 is 27.7. The summed E-state index contributed by atoms with van der Waals surface area (Å²) in [6, 6.07) is 12.5. The van der Waals surface area contributed by atoms with Crippen LogP contribution in [0.25, 0.3) is 0 Å². The molecule has 2 aliphatic rings. The maximum atomic E-state index is 12.5. The summed E-state index contributed by atoms with van der Waals surface area (Å²) in [6.45, 7) is 2.18. The molecule has 28 heavy (non-hydrogen) atoms. The lowest BCUT2D eigenvalue weighted by atomic mass is 9.78. The van der Waals surface area contributed by atoms with Crippen LogP contribution in [-0.2, 0) is 27.0 Å². The van der Waals surface area contributed by atoms with Gasteiger partial charge in [0.05, 0.1) is 5.75 Å². The van der Waals surface area contributed by atoms with Gasteiger partial charge in [-0.3, -0.25) is 9.52 Å². The normalized spacial score (nSPS) is 21.8. The number of benzene rings is 2. The van der Waals surface area contributed by atoms with Crippen molar-refractivity contribution in [3.8, 4) is 0 Å². The minimum atomic E-state index is -3.54. The minimum absolute atomic E-state index is 0.120. The van der Waals surface area contributed by atoms with Gasteiger partial charge in [0.25, 0.3) is 0 Å². The molecule has 0 radical (unpaired) electrons. The Balaban J connectivity index is 1.54. The maximum Gasteiger partial charge on any atom is 0.236 e. The first-order valence-corrected chi connectivity index (χ1v) is 11.6. The number of nitrogens with one attached hydrogen (secondary N) is 1. The fourth-order valence-corrected chi connectivity index (χ4v) is 5.31. The summed E-state index contributed by atoms with van der Waals surface area (Å²) in [5.41, 5.74) is 3.15. The molecule has 148 valence electrons. The molecule has 1 heterocycles. The van der Waals surface area contributed by atoms with Crippen molar-refractivity contribution in [1.82, 2.24) is 0 Å². The van der Waals surface area contributed by atoms with Crippen LogP contribution in [0.1, 0.15) is 37.3 Å². The summed E-state index contributed by atoms with van der Waals surface area (Å²) in [7, 11) is -3.54. The van der Waals surface area contributed by atoms with Crippen LogP contribution >= 0.6 is 11.6 Å². The zero-order chi connectivity index (χ0) is 19.9. The van der Waals surface area contributed by atoms with Crippen molar-refractivity contribution >= 4 is 38.9 Å². The summed E-state index contributed by atoms with van der Waals surface area (Å²) in [5, 5.41) is 0.573. The van der Waals surface area contributed by atoms with Crippen molar-refractivity contribution in [3.05, 3.63) is 58.6 Å². The molecule has 0 saturated heterocycles. The summed E-state index contributed by atoms with van der Waals surface area (Å²) >= 11 is 5.85. The fraction of sp³-hybridized carbons (Fsp3) is 0.381. The van der Waals surface area contributed by atoms with Crippen LogP contribution in [0.2, 0.25) is 5.02 Å². The van der Waals surface area contributed by atoms with Crippen LogP contribution in [0.5, 0.6) is 0 Å². The first-order valence-electron chi connectivity index (χ1n) is 9.52. The third-order valence-corrected chi connectivity index (χ3v) is 7.18. The molecule has 1 saturated carbocycles.